The fourth-order valence-corrected chi connectivity index (χ4v) is 6.98. The number of anilines is 3. The summed E-state index contributed by atoms with van der Waals surface area (Å²) in [5, 5.41) is 2.49. The number of rotatable bonds is 5. The lowest BCUT2D eigenvalue weighted by Crippen LogP contribution is -2.17. The predicted molar refractivity (Wildman–Crippen MR) is 180 cm³/mol. The van der Waals surface area contributed by atoms with E-state index in [2.05, 4.69) is 167 Å². The van der Waals surface area contributed by atoms with Crippen LogP contribution in [0.25, 0.3) is 33.0 Å². The van der Waals surface area contributed by atoms with Gasteiger partial charge < -0.3 is 4.90 Å². The van der Waals surface area contributed by atoms with Crippen molar-refractivity contribution in [1.82, 2.24) is 0 Å². The lowest BCUT2D eigenvalue weighted by molar-refractivity contribution is 0.660. The highest BCUT2D eigenvalue weighted by atomic mass is 15.1. The molecule has 1 aliphatic carbocycles. The number of hydrogen-bond acceptors (Lipinski definition) is 1. The van der Waals surface area contributed by atoms with Crippen molar-refractivity contribution in [1.29, 1.82) is 0 Å². The molecular weight excluding hydrogens is 506 g/mol. The zero-order valence-corrected chi connectivity index (χ0v) is 25.1. The predicted octanol–water partition coefficient (Wildman–Crippen LogP) is 11.7. The minimum atomic E-state index is -0.0779. The highest BCUT2D eigenvalue weighted by Crippen LogP contribution is 2.52. The second-order valence-electron chi connectivity index (χ2n) is 12.5. The molecule has 1 nitrogen and oxygen atoms in total. The average molecular weight is 544 g/mol. The number of hydrogen-bond donors (Lipinski definition) is 0. The minimum absolute atomic E-state index is 0.0779. The van der Waals surface area contributed by atoms with Crippen LogP contribution in [0.4, 0.5) is 17.1 Å². The Morgan fingerprint density at radius 1 is 0.548 bits per heavy atom. The van der Waals surface area contributed by atoms with Crippen LogP contribution >= 0.6 is 0 Å². The summed E-state index contributed by atoms with van der Waals surface area (Å²) in [5.74, 6) is 0.410. The molecule has 1 heteroatoms. The van der Waals surface area contributed by atoms with Crippen molar-refractivity contribution in [3.63, 3.8) is 0 Å². The number of benzene rings is 6. The van der Waals surface area contributed by atoms with Crippen LogP contribution in [-0.4, -0.2) is 0 Å². The number of fused-ring (bicyclic) bond motifs is 4. The number of aryl methyl sites for hydroxylation is 1. The van der Waals surface area contributed by atoms with Crippen LogP contribution in [0.5, 0.6) is 0 Å². The van der Waals surface area contributed by atoms with Crippen LogP contribution in [-0.2, 0) is 5.41 Å². The summed E-state index contributed by atoms with van der Waals surface area (Å²) in [6.45, 7) is 11.6. The Morgan fingerprint density at radius 3 is 2.00 bits per heavy atom. The Labute approximate surface area is 250 Å². The van der Waals surface area contributed by atoms with Crippen molar-refractivity contribution >= 4 is 27.8 Å². The highest BCUT2D eigenvalue weighted by Gasteiger charge is 2.36. The van der Waals surface area contributed by atoms with Crippen molar-refractivity contribution in [3.05, 3.63) is 150 Å². The van der Waals surface area contributed by atoms with Crippen LogP contribution in [0.2, 0.25) is 0 Å². The van der Waals surface area contributed by atoms with Crippen molar-refractivity contribution in [2.24, 2.45) is 0 Å². The maximum absolute atomic E-state index is 2.46. The van der Waals surface area contributed by atoms with E-state index in [4.69, 9.17) is 0 Å². The van der Waals surface area contributed by atoms with Gasteiger partial charge >= 0.3 is 0 Å². The smallest absolute Gasteiger partial charge is 0.0546 e. The third kappa shape index (κ3) is 4.15. The summed E-state index contributed by atoms with van der Waals surface area (Å²) in [6, 6.07) is 47.1. The fourth-order valence-electron chi connectivity index (χ4n) is 6.98. The third-order valence-electron chi connectivity index (χ3n) is 9.14. The van der Waals surface area contributed by atoms with Crippen molar-refractivity contribution in [2.45, 2.75) is 46.0 Å². The van der Waals surface area contributed by atoms with Gasteiger partial charge in [0.05, 0.1) is 5.69 Å². The van der Waals surface area contributed by atoms with Crippen LogP contribution in [0.1, 0.15) is 55.9 Å². The van der Waals surface area contributed by atoms with Gasteiger partial charge in [0.15, 0.2) is 0 Å². The Kier molecular flexibility index (Phi) is 6.28. The largest absolute Gasteiger partial charge is 0.310 e. The van der Waals surface area contributed by atoms with Crippen LogP contribution in [0.15, 0.2) is 127 Å². The van der Waals surface area contributed by atoms with E-state index in [-0.39, 0.29) is 5.41 Å². The second-order valence-corrected chi connectivity index (χ2v) is 12.5. The Bertz CT molecular complexity index is 1940. The molecule has 0 fully saturated rings. The molecular formula is C41H37N. The van der Waals surface area contributed by atoms with E-state index < -0.39 is 0 Å². The Morgan fingerprint density at radius 2 is 1.24 bits per heavy atom. The molecule has 0 N–H and O–H groups in total. The molecule has 0 unspecified atom stereocenters. The fraction of sp³-hybridized carbons (Fsp3) is 0.171. The van der Waals surface area contributed by atoms with Crippen molar-refractivity contribution in [3.8, 4) is 22.3 Å². The van der Waals surface area contributed by atoms with Gasteiger partial charge in [-0.15, -0.1) is 0 Å². The second kappa shape index (κ2) is 10.0. The third-order valence-corrected chi connectivity index (χ3v) is 9.14. The van der Waals surface area contributed by atoms with Crippen molar-refractivity contribution < 1.29 is 0 Å². The molecule has 42 heavy (non-hydrogen) atoms. The van der Waals surface area contributed by atoms with E-state index >= 15 is 0 Å². The molecule has 0 amide bonds. The van der Waals surface area contributed by atoms with Gasteiger partial charge in [-0.3, -0.25) is 0 Å². The maximum Gasteiger partial charge on any atom is 0.0546 e. The molecule has 0 saturated carbocycles. The quantitative estimate of drug-likeness (QED) is 0.209. The normalized spacial score (nSPS) is 13.3. The topological polar surface area (TPSA) is 3.24 Å². The van der Waals surface area contributed by atoms with Gasteiger partial charge in [-0.25, -0.2) is 0 Å². The van der Waals surface area contributed by atoms with Gasteiger partial charge in [0.2, 0.25) is 0 Å². The van der Waals surface area contributed by atoms with E-state index in [1.54, 1.807) is 0 Å². The van der Waals surface area contributed by atoms with Crippen LogP contribution in [0, 0.1) is 6.92 Å². The Balaban J connectivity index is 1.52. The van der Waals surface area contributed by atoms with Gasteiger partial charge in [0.1, 0.15) is 0 Å². The summed E-state index contributed by atoms with van der Waals surface area (Å²) >= 11 is 0. The first-order valence-electron chi connectivity index (χ1n) is 15.1. The molecule has 206 valence electrons. The summed E-state index contributed by atoms with van der Waals surface area (Å²) < 4.78 is 0. The number of nitrogens with zero attached hydrogens (tertiary/aromatic N) is 1. The molecule has 6 aromatic carbocycles. The maximum atomic E-state index is 2.46. The van der Waals surface area contributed by atoms with E-state index in [0.717, 1.165) is 5.69 Å². The van der Waals surface area contributed by atoms with E-state index in [1.165, 1.54) is 66.7 Å². The first kappa shape index (κ1) is 26.3. The zero-order chi connectivity index (χ0) is 29.0. The van der Waals surface area contributed by atoms with E-state index in [9.17, 15) is 0 Å². The molecule has 0 radical (unpaired) electrons. The summed E-state index contributed by atoms with van der Waals surface area (Å²) in [6.07, 6.45) is 0. The van der Waals surface area contributed by atoms with Crippen molar-refractivity contribution in [2.75, 3.05) is 4.90 Å². The van der Waals surface area contributed by atoms with E-state index in [0.29, 0.717) is 5.92 Å². The van der Waals surface area contributed by atoms with Crippen LogP contribution < -0.4 is 4.90 Å². The molecule has 6 aromatic rings. The molecule has 0 aromatic heterocycles. The molecule has 7 rings (SSSR count). The van der Waals surface area contributed by atoms with Gasteiger partial charge in [-0.1, -0.05) is 119 Å². The van der Waals surface area contributed by atoms with Gasteiger partial charge in [-0.05, 0) is 99.0 Å². The lowest BCUT2D eigenvalue weighted by atomic mass is 9.82. The Hall–Kier alpha value is -4.62. The molecule has 0 bridgehead atoms. The minimum Gasteiger partial charge on any atom is -0.310 e. The van der Waals surface area contributed by atoms with Gasteiger partial charge in [0, 0.05) is 22.4 Å². The SMILES string of the molecule is Cc1cccc2c1-c1ccc(N(c3ccccc3)c3cc4ccccc4cc3-c3ccccc3C(C)C)cc1C2(C)C. The average Bonchev–Trinajstić information content (AvgIpc) is 3.24. The summed E-state index contributed by atoms with van der Waals surface area (Å²) in [7, 11) is 0. The highest BCUT2D eigenvalue weighted by molar-refractivity contribution is 5.99. The standard InChI is InChI=1S/C41H37N/c1-27(2)33-19-11-12-20-34(33)36-24-29-15-9-10-16-30(29)25-39(36)42(31-17-7-6-8-18-31)32-22-23-35-38(26-32)41(4,5)37-21-13-14-28(3)40(35)37/h6-27H,1-5H3. The molecule has 0 spiro atoms. The molecule has 0 saturated heterocycles. The number of para-hydroxylation sites is 1. The lowest BCUT2D eigenvalue weighted by Gasteiger charge is -2.30. The molecule has 0 heterocycles. The van der Waals surface area contributed by atoms with E-state index in [1.807, 2.05) is 0 Å². The zero-order valence-electron chi connectivity index (χ0n) is 25.1. The molecule has 1 aliphatic rings. The monoisotopic (exact) mass is 543 g/mol. The van der Waals surface area contributed by atoms with Gasteiger partial charge in [-0.2, -0.15) is 0 Å². The molecule has 0 aliphatic heterocycles. The van der Waals surface area contributed by atoms with Crippen LogP contribution in [0.3, 0.4) is 0 Å². The first-order chi connectivity index (χ1) is 20.3. The van der Waals surface area contributed by atoms with Gasteiger partial charge in [0.25, 0.3) is 0 Å². The summed E-state index contributed by atoms with van der Waals surface area (Å²) in [5.41, 5.74) is 14.2. The molecule has 0 atom stereocenters. The summed E-state index contributed by atoms with van der Waals surface area (Å²) in [4.78, 5) is 2.46. The first-order valence-corrected chi connectivity index (χ1v) is 15.1.